The van der Waals surface area contributed by atoms with E-state index in [-0.39, 0.29) is 11.6 Å². The van der Waals surface area contributed by atoms with E-state index in [1.807, 2.05) is 24.3 Å². The van der Waals surface area contributed by atoms with Crippen LogP contribution in [0.1, 0.15) is 10.4 Å². The van der Waals surface area contributed by atoms with Gasteiger partial charge in [-0.3, -0.25) is 13.9 Å². The lowest BCUT2D eigenvalue weighted by Gasteiger charge is -2.08. The van der Waals surface area contributed by atoms with Gasteiger partial charge in [0.1, 0.15) is 0 Å². The maximum absolute atomic E-state index is 12.3. The lowest BCUT2D eigenvalue weighted by atomic mass is 10.2. The van der Waals surface area contributed by atoms with Crippen molar-refractivity contribution < 1.29 is 4.79 Å². The van der Waals surface area contributed by atoms with Crippen molar-refractivity contribution in [3.63, 3.8) is 0 Å². The van der Waals surface area contributed by atoms with Gasteiger partial charge in [-0.1, -0.05) is 18.2 Å². The highest BCUT2D eigenvalue weighted by atomic mass is 79.9. The topological polar surface area (TPSA) is 56.0 Å². The Hall–Kier alpha value is -2.34. The predicted octanol–water partition coefficient (Wildman–Crippen LogP) is 2.89. The van der Waals surface area contributed by atoms with Crippen molar-refractivity contribution in [3.8, 4) is 0 Å². The van der Waals surface area contributed by atoms with Crippen LogP contribution < -0.4 is 11.0 Å². The molecule has 3 rings (SSSR count). The van der Waals surface area contributed by atoms with Crippen LogP contribution in [0.25, 0.3) is 11.0 Å². The summed E-state index contributed by atoms with van der Waals surface area (Å²) in [5, 5.41) is 2.86. The number of benzene rings is 2. The summed E-state index contributed by atoms with van der Waals surface area (Å²) in [7, 11) is 3.43. The molecule has 6 heteroatoms. The zero-order valence-corrected chi connectivity index (χ0v) is 13.7. The minimum Gasteiger partial charge on any atom is -0.321 e. The Morgan fingerprint density at radius 1 is 1.05 bits per heavy atom. The first kappa shape index (κ1) is 14.6. The van der Waals surface area contributed by atoms with Crippen LogP contribution in [0.15, 0.2) is 51.7 Å². The van der Waals surface area contributed by atoms with Crippen molar-refractivity contribution in [2.45, 2.75) is 0 Å². The fourth-order valence-corrected chi connectivity index (χ4v) is 2.83. The standard InChI is InChI=1S/C16H14BrN3O2/c1-19-13-8-11(17)12(9-14(13)20(2)16(19)22)18-15(21)10-6-4-3-5-7-10/h3-9H,1-2H3,(H,18,21). The normalized spacial score (nSPS) is 10.9. The Balaban J connectivity index is 2.05. The van der Waals surface area contributed by atoms with Crippen LogP contribution in [0.3, 0.4) is 0 Å². The minimum absolute atomic E-state index is 0.103. The molecule has 22 heavy (non-hydrogen) atoms. The van der Waals surface area contributed by atoms with Crippen LogP contribution in [-0.2, 0) is 14.1 Å². The van der Waals surface area contributed by atoms with Crippen molar-refractivity contribution in [2.75, 3.05) is 5.32 Å². The average molecular weight is 360 g/mol. The minimum atomic E-state index is -0.193. The number of nitrogens with zero attached hydrogens (tertiary/aromatic N) is 2. The molecule has 0 radical (unpaired) electrons. The highest BCUT2D eigenvalue weighted by Gasteiger charge is 2.13. The van der Waals surface area contributed by atoms with Gasteiger partial charge < -0.3 is 5.32 Å². The molecule has 0 saturated heterocycles. The Labute approximate surface area is 135 Å². The fraction of sp³-hybridized carbons (Fsp3) is 0.125. The van der Waals surface area contributed by atoms with Crippen molar-refractivity contribution in [2.24, 2.45) is 14.1 Å². The van der Waals surface area contributed by atoms with Crippen LogP contribution >= 0.6 is 15.9 Å². The summed E-state index contributed by atoms with van der Waals surface area (Å²) in [6, 6.07) is 12.6. The molecule has 112 valence electrons. The third-order valence-corrected chi connectivity index (χ3v) is 4.30. The molecular formula is C16H14BrN3O2. The van der Waals surface area contributed by atoms with E-state index in [2.05, 4.69) is 21.2 Å². The van der Waals surface area contributed by atoms with E-state index in [4.69, 9.17) is 0 Å². The third kappa shape index (κ3) is 2.35. The smallest absolute Gasteiger partial charge is 0.321 e. The van der Waals surface area contributed by atoms with Gasteiger partial charge in [-0.2, -0.15) is 0 Å². The van der Waals surface area contributed by atoms with Crippen molar-refractivity contribution in [1.29, 1.82) is 0 Å². The number of rotatable bonds is 2. The van der Waals surface area contributed by atoms with Crippen LogP contribution in [0.5, 0.6) is 0 Å². The number of carbonyl (C=O) groups excluding carboxylic acids is 1. The van der Waals surface area contributed by atoms with Crippen LogP contribution in [0.4, 0.5) is 5.69 Å². The molecule has 0 spiro atoms. The maximum Gasteiger partial charge on any atom is 0.328 e. The molecule has 1 heterocycles. The predicted molar refractivity (Wildman–Crippen MR) is 90.3 cm³/mol. The summed E-state index contributed by atoms with van der Waals surface area (Å²) in [5.74, 6) is -0.193. The second-order valence-corrected chi connectivity index (χ2v) is 5.90. The second-order valence-electron chi connectivity index (χ2n) is 5.04. The number of anilines is 1. The third-order valence-electron chi connectivity index (χ3n) is 3.64. The number of aromatic nitrogens is 2. The lowest BCUT2D eigenvalue weighted by molar-refractivity contribution is 0.102. The Kier molecular flexibility index (Phi) is 3.62. The van der Waals surface area contributed by atoms with Crippen molar-refractivity contribution in [3.05, 3.63) is 63.0 Å². The molecule has 0 atom stereocenters. The van der Waals surface area contributed by atoms with Gasteiger partial charge >= 0.3 is 5.69 Å². The monoisotopic (exact) mass is 359 g/mol. The van der Waals surface area contributed by atoms with E-state index < -0.39 is 0 Å². The fourth-order valence-electron chi connectivity index (χ4n) is 2.40. The molecule has 0 aliphatic rings. The van der Waals surface area contributed by atoms with E-state index in [0.717, 1.165) is 15.5 Å². The molecule has 0 saturated carbocycles. The molecule has 0 aliphatic carbocycles. The van der Waals surface area contributed by atoms with Gasteiger partial charge in [0, 0.05) is 24.1 Å². The van der Waals surface area contributed by atoms with Gasteiger partial charge in [0.2, 0.25) is 0 Å². The number of imidazole rings is 1. The molecular weight excluding hydrogens is 346 g/mol. The van der Waals surface area contributed by atoms with Gasteiger partial charge in [0.05, 0.1) is 16.7 Å². The molecule has 1 N–H and O–H groups in total. The number of hydrogen-bond donors (Lipinski definition) is 1. The van der Waals surface area contributed by atoms with Crippen molar-refractivity contribution >= 4 is 38.6 Å². The van der Waals surface area contributed by atoms with Gasteiger partial charge in [-0.05, 0) is 40.2 Å². The van der Waals surface area contributed by atoms with Gasteiger partial charge in [0.15, 0.2) is 0 Å². The van der Waals surface area contributed by atoms with Crippen LogP contribution in [-0.4, -0.2) is 15.0 Å². The van der Waals surface area contributed by atoms with E-state index in [9.17, 15) is 9.59 Å². The number of halogens is 1. The second kappa shape index (κ2) is 5.46. The highest BCUT2D eigenvalue weighted by Crippen LogP contribution is 2.28. The number of hydrogen-bond acceptors (Lipinski definition) is 2. The number of amides is 1. The Morgan fingerprint density at radius 2 is 1.64 bits per heavy atom. The van der Waals surface area contributed by atoms with E-state index >= 15 is 0 Å². The van der Waals surface area contributed by atoms with E-state index in [0.29, 0.717) is 11.3 Å². The molecule has 3 aromatic rings. The summed E-state index contributed by atoms with van der Waals surface area (Å²) >= 11 is 3.45. The van der Waals surface area contributed by atoms with Crippen LogP contribution in [0, 0.1) is 0 Å². The van der Waals surface area contributed by atoms with Crippen LogP contribution in [0.2, 0.25) is 0 Å². The number of nitrogens with one attached hydrogen (secondary N) is 1. The summed E-state index contributed by atoms with van der Waals surface area (Å²) in [4.78, 5) is 24.2. The molecule has 1 aromatic heterocycles. The number of carbonyl (C=O) groups is 1. The number of fused-ring (bicyclic) bond motifs is 1. The summed E-state index contributed by atoms with van der Waals surface area (Å²) in [6.45, 7) is 0. The zero-order chi connectivity index (χ0) is 15.9. The van der Waals surface area contributed by atoms with Gasteiger partial charge in [-0.25, -0.2) is 4.79 Å². The maximum atomic E-state index is 12.3. The summed E-state index contributed by atoms with van der Waals surface area (Å²) in [5.41, 5.74) is 2.67. The van der Waals surface area contributed by atoms with E-state index in [1.165, 1.54) is 0 Å². The Morgan fingerprint density at radius 3 is 2.27 bits per heavy atom. The highest BCUT2D eigenvalue weighted by molar-refractivity contribution is 9.10. The van der Waals surface area contributed by atoms with Gasteiger partial charge in [-0.15, -0.1) is 0 Å². The lowest BCUT2D eigenvalue weighted by Crippen LogP contribution is -2.19. The molecule has 2 aromatic carbocycles. The first-order valence-corrected chi connectivity index (χ1v) is 7.49. The average Bonchev–Trinajstić information content (AvgIpc) is 2.73. The molecule has 5 nitrogen and oxygen atoms in total. The summed E-state index contributed by atoms with van der Waals surface area (Å²) in [6.07, 6.45) is 0. The summed E-state index contributed by atoms with van der Waals surface area (Å²) < 4.78 is 3.86. The Bertz CT molecular complexity index is 926. The van der Waals surface area contributed by atoms with Crippen molar-refractivity contribution in [1.82, 2.24) is 9.13 Å². The first-order chi connectivity index (χ1) is 10.5. The molecule has 0 aliphatic heterocycles. The largest absolute Gasteiger partial charge is 0.328 e. The first-order valence-electron chi connectivity index (χ1n) is 6.70. The quantitative estimate of drug-likeness (QED) is 0.764. The zero-order valence-electron chi connectivity index (χ0n) is 12.1. The van der Waals surface area contributed by atoms with Gasteiger partial charge in [0.25, 0.3) is 5.91 Å². The molecule has 0 bridgehead atoms. The molecule has 0 unspecified atom stereocenters. The molecule has 1 amide bonds. The number of aryl methyl sites for hydroxylation is 2. The van der Waals surface area contributed by atoms with E-state index in [1.54, 1.807) is 41.4 Å². The SMILES string of the molecule is Cn1c(=O)n(C)c2cc(NC(=O)c3ccccc3)c(Br)cc21. The molecule has 0 fully saturated rings.